The Balaban J connectivity index is 1.64. The molecule has 0 aromatic heterocycles. The number of nitrogens with zero attached hydrogens (tertiary/aromatic N) is 4. The summed E-state index contributed by atoms with van der Waals surface area (Å²) in [6.45, 7) is 10.8. The van der Waals surface area contributed by atoms with Crippen LogP contribution in [0.3, 0.4) is 0 Å². The first-order chi connectivity index (χ1) is 25.1. The Labute approximate surface area is 299 Å². The van der Waals surface area contributed by atoms with Gasteiger partial charge in [0.15, 0.2) is 6.29 Å². The van der Waals surface area contributed by atoms with Crippen LogP contribution in [-0.2, 0) is 71.3 Å². The molecule has 2 amide bonds. The molecule has 1 N–H and O–H groups in total. The highest BCUT2D eigenvalue weighted by Gasteiger charge is 2.32. The van der Waals surface area contributed by atoms with Gasteiger partial charge >= 0.3 is 0 Å². The molecule has 1 atom stereocenters. The van der Waals surface area contributed by atoms with Crippen molar-refractivity contribution in [2.24, 2.45) is 5.11 Å². The van der Waals surface area contributed by atoms with Gasteiger partial charge in [-0.25, -0.2) is 4.84 Å². The van der Waals surface area contributed by atoms with Crippen LogP contribution in [0.25, 0.3) is 10.4 Å². The minimum absolute atomic E-state index is 0.0972. The molecule has 1 fully saturated rings. The summed E-state index contributed by atoms with van der Waals surface area (Å²) in [6, 6.07) is 0. The van der Waals surface area contributed by atoms with Crippen LogP contribution in [0.5, 0.6) is 0 Å². The predicted octanol–water partition coefficient (Wildman–Crippen LogP) is 0.285. The molecule has 1 unspecified atom stereocenters. The van der Waals surface area contributed by atoms with Crippen LogP contribution in [0.2, 0.25) is 0 Å². The van der Waals surface area contributed by atoms with Gasteiger partial charge < -0.3 is 61.9 Å². The van der Waals surface area contributed by atoms with E-state index in [1.54, 1.807) is 0 Å². The zero-order chi connectivity index (χ0) is 36.7. The van der Waals surface area contributed by atoms with Gasteiger partial charge in [0, 0.05) is 30.7 Å². The number of ether oxygens (including phenoxy) is 12. The molecule has 0 aromatic rings. The molecule has 0 aromatic carbocycles. The summed E-state index contributed by atoms with van der Waals surface area (Å²) in [6.07, 6.45) is -0.980. The number of aliphatic hydroxyl groups is 1. The Morgan fingerprint density at radius 3 is 1.02 bits per heavy atom. The van der Waals surface area contributed by atoms with Gasteiger partial charge in [0.1, 0.15) is 0 Å². The summed E-state index contributed by atoms with van der Waals surface area (Å²) in [5.74, 6) is -0.905. The second kappa shape index (κ2) is 37.6. The van der Waals surface area contributed by atoms with E-state index in [0.29, 0.717) is 164 Å². The molecule has 1 saturated heterocycles. The number of carbonyl (C=O) groups is 2. The number of aliphatic hydroxyl groups excluding tert-OH is 1. The van der Waals surface area contributed by atoms with Gasteiger partial charge in [-0.05, 0) is 5.53 Å². The average Bonchev–Trinajstić information content (AvgIpc) is 3.44. The number of imide groups is 1. The molecule has 51 heavy (non-hydrogen) atoms. The summed E-state index contributed by atoms with van der Waals surface area (Å²) in [7, 11) is 0. The number of carbonyl (C=O) groups excluding carboxylic acids is 2. The van der Waals surface area contributed by atoms with Crippen LogP contribution in [0, 0.1) is 0 Å². The third-order valence-electron chi connectivity index (χ3n) is 6.23. The molecular weight excluding hydrogens is 684 g/mol. The molecular formula is C31H58N4O16. The lowest BCUT2D eigenvalue weighted by Crippen LogP contribution is -2.34. The van der Waals surface area contributed by atoms with E-state index in [9.17, 15) is 14.7 Å². The molecule has 20 nitrogen and oxygen atoms in total. The number of azide groups is 1. The molecule has 1 heterocycles. The van der Waals surface area contributed by atoms with Gasteiger partial charge in [-0.2, -0.15) is 5.06 Å². The average molecular weight is 743 g/mol. The van der Waals surface area contributed by atoms with Gasteiger partial charge in [0.25, 0.3) is 11.8 Å². The first kappa shape index (κ1) is 46.9. The van der Waals surface area contributed by atoms with Crippen LogP contribution in [0.15, 0.2) is 5.11 Å². The smallest absolute Gasteiger partial charge is 0.254 e. The highest BCUT2D eigenvalue weighted by Crippen LogP contribution is 2.14. The molecule has 0 saturated carbocycles. The Morgan fingerprint density at radius 1 is 0.490 bits per heavy atom. The monoisotopic (exact) mass is 742 g/mol. The summed E-state index contributed by atoms with van der Waals surface area (Å²) < 4.78 is 64.9. The van der Waals surface area contributed by atoms with E-state index in [4.69, 9.17) is 67.2 Å². The quantitative estimate of drug-likeness (QED) is 0.0222. The van der Waals surface area contributed by atoms with Crippen LogP contribution >= 0.6 is 0 Å². The van der Waals surface area contributed by atoms with Crippen molar-refractivity contribution in [1.29, 1.82) is 0 Å². The van der Waals surface area contributed by atoms with Crippen LogP contribution in [-0.4, -0.2) is 193 Å². The first-order valence-electron chi connectivity index (χ1n) is 17.3. The third-order valence-corrected chi connectivity index (χ3v) is 6.23. The number of hydroxylamine groups is 2. The molecule has 298 valence electrons. The Hall–Kier alpha value is -2.11. The fourth-order valence-electron chi connectivity index (χ4n) is 3.70. The van der Waals surface area contributed by atoms with Crippen LogP contribution in [0.4, 0.5) is 0 Å². The summed E-state index contributed by atoms with van der Waals surface area (Å²) in [5.41, 5.74) is 8.14. The molecule has 1 aliphatic rings. The van der Waals surface area contributed by atoms with E-state index in [-0.39, 0.29) is 25.9 Å². The van der Waals surface area contributed by atoms with Gasteiger partial charge in [-0.15, -0.1) is 0 Å². The van der Waals surface area contributed by atoms with Gasteiger partial charge in [0.2, 0.25) is 0 Å². The molecule has 0 spiro atoms. The Kier molecular flexibility index (Phi) is 34.6. The largest absolute Gasteiger partial charge is 0.379 e. The fraction of sp³-hybridized carbons (Fsp3) is 0.935. The second-order valence-electron chi connectivity index (χ2n) is 10.2. The van der Waals surface area contributed by atoms with Gasteiger partial charge in [0.05, 0.1) is 159 Å². The normalized spacial score (nSPS) is 13.7. The zero-order valence-corrected chi connectivity index (χ0v) is 29.7. The van der Waals surface area contributed by atoms with E-state index in [0.717, 1.165) is 0 Å². The third kappa shape index (κ3) is 32.3. The topological polar surface area (TPSA) is 226 Å². The highest BCUT2D eigenvalue weighted by molar-refractivity contribution is 6.00. The van der Waals surface area contributed by atoms with Gasteiger partial charge in [-0.3, -0.25) is 9.59 Å². The maximum absolute atomic E-state index is 11.4. The molecule has 0 bridgehead atoms. The van der Waals surface area contributed by atoms with Crippen molar-refractivity contribution in [1.82, 2.24) is 5.06 Å². The molecule has 0 aliphatic carbocycles. The minimum atomic E-state index is -1.29. The molecule has 0 radical (unpaired) electrons. The SMILES string of the molecule is [N-]=[N+]=NCCOCCOCCOCCOCCOCCOCCOCCOCCOCCOCCOCCOCCC(O)ON1C(=O)CCC1=O. The molecule has 1 aliphatic heterocycles. The summed E-state index contributed by atoms with van der Waals surface area (Å²) in [4.78, 5) is 30.5. The van der Waals surface area contributed by atoms with E-state index in [1.165, 1.54) is 0 Å². The lowest BCUT2D eigenvalue weighted by Gasteiger charge is -2.18. The van der Waals surface area contributed by atoms with Gasteiger partial charge in [-0.1, -0.05) is 5.11 Å². The first-order valence-corrected chi connectivity index (χ1v) is 17.3. The molecule has 1 rings (SSSR count). The maximum atomic E-state index is 11.4. The van der Waals surface area contributed by atoms with Crippen LogP contribution < -0.4 is 0 Å². The Morgan fingerprint density at radius 2 is 0.745 bits per heavy atom. The second-order valence-corrected chi connectivity index (χ2v) is 10.2. The number of hydrogen-bond acceptors (Lipinski definition) is 17. The van der Waals surface area contributed by atoms with E-state index in [1.807, 2.05) is 0 Å². The summed E-state index contributed by atoms with van der Waals surface area (Å²) in [5, 5.41) is 13.7. The predicted molar refractivity (Wildman–Crippen MR) is 177 cm³/mol. The molecule has 20 heteroatoms. The van der Waals surface area contributed by atoms with Crippen molar-refractivity contribution in [3.8, 4) is 0 Å². The van der Waals surface area contributed by atoms with E-state index >= 15 is 0 Å². The standard InChI is InChI=1S/C31H58N4O16/c32-34-33-4-6-40-8-10-42-12-14-44-16-18-46-20-22-48-24-26-50-28-27-49-25-23-47-21-19-45-17-15-43-13-11-41-9-7-39-5-3-31(38)51-35-29(36)1-2-30(35)37/h31,38H,1-28H2. The van der Waals surface area contributed by atoms with E-state index < -0.39 is 18.1 Å². The van der Waals surface area contributed by atoms with Crippen molar-refractivity contribution in [2.45, 2.75) is 25.6 Å². The van der Waals surface area contributed by atoms with Crippen molar-refractivity contribution in [2.75, 3.05) is 165 Å². The van der Waals surface area contributed by atoms with Crippen molar-refractivity contribution in [3.63, 3.8) is 0 Å². The van der Waals surface area contributed by atoms with Crippen LogP contribution in [0.1, 0.15) is 19.3 Å². The minimum Gasteiger partial charge on any atom is -0.379 e. The lowest BCUT2D eigenvalue weighted by molar-refractivity contribution is -0.247. The number of hydrogen-bond donors (Lipinski definition) is 1. The van der Waals surface area contributed by atoms with Crippen molar-refractivity contribution < 1.29 is 76.4 Å². The van der Waals surface area contributed by atoms with Crippen molar-refractivity contribution >= 4 is 11.8 Å². The Bertz CT molecular complexity index is 843. The number of amides is 2. The highest BCUT2D eigenvalue weighted by atomic mass is 16.8. The summed E-state index contributed by atoms with van der Waals surface area (Å²) >= 11 is 0. The number of rotatable bonds is 41. The van der Waals surface area contributed by atoms with Crippen molar-refractivity contribution in [3.05, 3.63) is 10.4 Å². The maximum Gasteiger partial charge on any atom is 0.254 e. The van der Waals surface area contributed by atoms with E-state index in [2.05, 4.69) is 10.0 Å². The lowest BCUT2D eigenvalue weighted by atomic mass is 10.4. The fourth-order valence-corrected chi connectivity index (χ4v) is 3.70. The zero-order valence-electron chi connectivity index (χ0n) is 29.7.